The molecule has 0 spiro atoms. The Bertz CT molecular complexity index is 725. The molecule has 24 heavy (non-hydrogen) atoms. The standard InChI is InChI=1S/C16H16F3N3O2/c17-16(18,19)12-3-5-13(6-4-12)22-10-11(8-20-22)9-21-7-1-2-14(21)15(23)24/h3-6,8,10,14H,1-2,7,9H2,(H,23,24)/t14-/m0/s1. The summed E-state index contributed by atoms with van der Waals surface area (Å²) in [7, 11) is 0. The third kappa shape index (κ3) is 3.43. The van der Waals surface area contributed by atoms with E-state index in [1.165, 1.54) is 16.8 Å². The molecule has 0 saturated carbocycles. The van der Waals surface area contributed by atoms with Gasteiger partial charge in [0, 0.05) is 18.3 Å². The van der Waals surface area contributed by atoms with Crippen LogP contribution in [0.1, 0.15) is 24.0 Å². The second-order valence-corrected chi connectivity index (χ2v) is 5.80. The molecule has 2 heterocycles. The van der Waals surface area contributed by atoms with E-state index in [0.717, 1.165) is 24.1 Å². The number of aliphatic carboxylic acids is 1. The Morgan fingerprint density at radius 2 is 2.00 bits per heavy atom. The van der Waals surface area contributed by atoms with Gasteiger partial charge in [0.2, 0.25) is 0 Å². The van der Waals surface area contributed by atoms with Crippen molar-refractivity contribution in [3.63, 3.8) is 0 Å². The van der Waals surface area contributed by atoms with Crippen molar-refractivity contribution in [2.75, 3.05) is 6.54 Å². The summed E-state index contributed by atoms with van der Waals surface area (Å²) in [5.74, 6) is -0.831. The van der Waals surface area contributed by atoms with Crippen molar-refractivity contribution in [1.29, 1.82) is 0 Å². The van der Waals surface area contributed by atoms with Gasteiger partial charge in [0.25, 0.3) is 0 Å². The van der Waals surface area contributed by atoms with Gasteiger partial charge in [-0.25, -0.2) is 4.68 Å². The lowest BCUT2D eigenvalue weighted by Crippen LogP contribution is -2.35. The summed E-state index contributed by atoms with van der Waals surface area (Å²) < 4.78 is 39.2. The molecule has 1 aromatic heterocycles. The van der Waals surface area contributed by atoms with Crippen molar-refractivity contribution in [2.24, 2.45) is 0 Å². The Morgan fingerprint density at radius 3 is 2.62 bits per heavy atom. The lowest BCUT2D eigenvalue weighted by Gasteiger charge is -2.19. The number of carboxylic acids is 1. The Kier molecular flexibility index (Phi) is 4.31. The summed E-state index contributed by atoms with van der Waals surface area (Å²) in [5, 5.41) is 13.3. The molecule has 0 radical (unpaired) electrons. The predicted molar refractivity (Wildman–Crippen MR) is 79.6 cm³/mol. The average molecular weight is 339 g/mol. The molecule has 0 unspecified atom stereocenters. The number of likely N-dealkylation sites (tertiary alicyclic amines) is 1. The first-order valence-corrected chi connectivity index (χ1v) is 7.52. The van der Waals surface area contributed by atoms with Crippen LogP contribution in [0.3, 0.4) is 0 Å². The number of rotatable bonds is 4. The van der Waals surface area contributed by atoms with Gasteiger partial charge in [-0.1, -0.05) is 0 Å². The van der Waals surface area contributed by atoms with Gasteiger partial charge in [0.15, 0.2) is 0 Å². The van der Waals surface area contributed by atoms with Gasteiger partial charge >= 0.3 is 12.1 Å². The first kappa shape index (κ1) is 16.5. The summed E-state index contributed by atoms with van der Waals surface area (Å²) in [6.07, 6.45) is 0.413. The highest BCUT2D eigenvalue weighted by Crippen LogP contribution is 2.29. The highest BCUT2D eigenvalue weighted by molar-refractivity contribution is 5.73. The summed E-state index contributed by atoms with van der Waals surface area (Å²) in [6, 6.07) is 4.25. The van der Waals surface area contributed by atoms with Crippen LogP contribution < -0.4 is 0 Å². The summed E-state index contributed by atoms with van der Waals surface area (Å²) in [4.78, 5) is 13.1. The van der Waals surface area contributed by atoms with Crippen LogP contribution in [0.5, 0.6) is 0 Å². The number of hydrogen-bond acceptors (Lipinski definition) is 3. The molecular formula is C16H16F3N3O2. The van der Waals surface area contributed by atoms with Crippen molar-refractivity contribution in [3.8, 4) is 5.69 Å². The minimum absolute atomic E-state index is 0.456. The molecule has 1 atom stereocenters. The number of hydrogen-bond donors (Lipinski definition) is 1. The zero-order valence-electron chi connectivity index (χ0n) is 12.7. The third-order valence-electron chi connectivity index (χ3n) is 4.13. The van der Waals surface area contributed by atoms with Crippen LogP contribution >= 0.6 is 0 Å². The molecular weight excluding hydrogens is 323 g/mol. The van der Waals surface area contributed by atoms with Crippen LogP contribution in [0, 0.1) is 0 Å². The van der Waals surface area contributed by atoms with Crippen LogP contribution in [0.25, 0.3) is 5.69 Å². The van der Waals surface area contributed by atoms with Crippen molar-refractivity contribution < 1.29 is 23.1 Å². The molecule has 3 rings (SSSR count). The Labute approximate surface area is 136 Å². The second kappa shape index (κ2) is 6.27. The fourth-order valence-corrected chi connectivity index (χ4v) is 2.92. The van der Waals surface area contributed by atoms with E-state index in [-0.39, 0.29) is 0 Å². The van der Waals surface area contributed by atoms with Crippen molar-refractivity contribution in [2.45, 2.75) is 31.6 Å². The van der Waals surface area contributed by atoms with E-state index in [1.807, 2.05) is 4.90 Å². The molecule has 8 heteroatoms. The first-order chi connectivity index (χ1) is 11.3. The number of aromatic nitrogens is 2. The number of benzene rings is 1. The van der Waals surface area contributed by atoms with E-state index in [9.17, 15) is 23.1 Å². The lowest BCUT2D eigenvalue weighted by molar-refractivity contribution is -0.142. The zero-order valence-corrected chi connectivity index (χ0v) is 12.7. The quantitative estimate of drug-likeness (QED) is 0.930. The predicted octanol–water partition coefficient (Wildman–Crippen LogP) is 2.94. The van der Waals surface area contributed by atoms with E-state index in [0.29, 0.717) is 25.2 Å². The molecule has 1 saturated heterocycles. The number of carboxylic acid groups (broad SMARTS) is 1. The minimum Gasteiger partial charge on any atom is -0.480 e. The maximum atomic E-state index is 12.6. The van der Waals surface area contributed by atoms with Crippen LogP contribution in [-0.4, -0.2) is 38.3 Å². The molecule has 1 aliphatic rings. The molecule has 1 aliphatic heterocycles. The van der Waals surface area contributed by atoms with Crippen molar-refractivity contribution >= 4 is 5.97 Å². The van der Waals surface area contributed by atoms with Gasteiger partial charge in [-0.3, -0.25) is 9.69 Å². The van der Waals surface area contributed by atoms with Crippen molar-refractivity contribution in [3.05, 3.63) is 47.8 Å². The smallest absolute Gasteiger partial charge is 0.416 e. The van der Waals surface area contributed by atoms with Gasteiger partial charge in [-0.05, 0) is 43.7 Å². The maximum absolute atomic E-state index is 12.6. The largest absolute Gasteiger partial charge is 0.480 e. The average Bonchev–Trinajstić information content (AvgIpc) is 3.16. The highest BCUT2D eigenvalue weighted by Gasteiger charge is 2.31. The van der Waals surface area contributed by atoms with E-state index in [2.05, 4.69) is 5.10 Å². The van der Waals surface area contributed by atoms with Gasteiger partial charge in [-0.2, -0.15) is 18.3 Å². The van der Waals surface area contributed by atoms with E-state index < -0.39 is 23.8 Å². The molecule has 0 bridgehead atoms. The van der Waals surface area contributed by atoms with E-state index in [1.54, 1.807) is 12.4 Å². The zero-order chi connectivity index (χ0) is 17.3. The number of halogens is 3. The van der Waals surface area contributed by atoms with Crippen LogP contribution in [0.4, 0.5) is 13.2 Å². The number of carbonyl (C=O) groups is 1. The minimum atomic E-state index is -4.37. The van der Waals surface area contributed by atoms with Crippen LogP contribution in [0.2, 0.25) is 0 Å². The molecule has 0 amide bonds. The normalized spacial score (nSPS) is 18.9. The number of nitrogens with zero attached hydrogens (tertiary/aromatic N) is 3. The number of alkyl halides is 3. The van der Waals surface area contributed by atoms with Crippen LogP contribution in [0.15, 0.2) is 36.7 Å². The summed E-state index contributed by atoms with van der Waals surface area (Å²) in [5.41, 5.74) is 0.633. The summed E-state index contributed by atoms with van der Waals surface area (Å²) >= 11 is 0. The Hall–Kier alpha value is -2.35. The summed E-state index contributed by atoms with van der Waals surface area (Å²) in [6.45, 7) is 1.17. The molecule has 128 valence electrons. The second-order valence-electron chi connectivity index (χ2n) is 5.80. The lowest BCUT2D eigenvalue weighted by atomic mass is 10.2. The van der Waals surface area contributed by atoms with Gasteiger partial charge in [0.05, 0.1) is 17.4 Å². The van der Waals surface area contributed by atoms with Crippen LogP contribution in [-0.2, 0) is 17.5 Å². The molecule has 1 fully saturated rings. The van der Waals surface area contributed by atoms with Crippen molar-refractivity contribution in [1.82, 2.24) is 14.7 Å². The fraction of sp³-hybridized carbons (Fsp3) is 0.375. The van der Waals surface area contributed by atoms with E-state index in [4.69, 9.17) is 0 Å². The fourth-order valence-electron chi connectivity index (χ4n) is 2.92. The Morgan fingerprint density at radius 1 is 1.29 bits per heavy atom. The molecule has 1 N–H and O–H groups in total. The van der Waals surface area contributed by atoms with Gasteiger partial charge in [0.1, 0.15) is 6.04 Å². The molecule has 1 aromatic carbocycles. The van der Waals surface area contributed by atoms with Gasteiger partial charge < -0.3 is 5.11 Å². The Balaban J connectivity index is 1.72. The van der Waals surface area contributed by atoms with E-state index >= 15 is 0 Å². The SMILES string of the molecule is O=C(O)[C@@H]1CCCN1Cc1cnn(-c2ccc(C(F)(F)F)cc2)c1. The highest BCUT2D eigenvalue weighted by atomic mass is 19.4. The topological polar surface area (TPSA) is 58.4 Å². The third-order valence-corrected chi connectivity index (χ3v) is 4.13. The molecule has 2 aromatic rings. The monoisotopic (exact) mass is 339 g/mol. The van der Waals surface area contributed by atoms with Gasteiger partial charge in [-0.15, -0.1) is 0 Å². The maximum Gasteiger partial charge on any atom is 0.416 e. The molecule has 0 aliphatic carbocycles. The molecule has 5 nitrogen and oxygen atoms in total. The first-order valence-electron chi connectivity index (χ1n) is 7.52.